The number of rotatable bonds is 6. The molecule has 4 aromatic rings. The Labute approximate surface area is 187 Å². The summed E-state index contributed by atoms with van der Waals surface area (Å²) in [7, 11) is 0. The number of terminal acetylenes is 1. The van der Waals surface area contributed by atoms with Crippen molar-refractivity contribution in [2.45, 2.75) is 18.9 Å². The van der Waals surface area contributed by atoms with Crippen molar-refractivity contribution in [2.24, 2.45) is 0 Å². The number of pyridine rings is 1. The van der Waals surface area contributed by atoms with Crippen LogP contribution in [0.1, 0.15) is 28.7 Å². The van der Waals surface area contributed by atoms with E-state index >= 15 is 0 Å². The topological polar surface area (TPSA) is 88.1 Å². The van der Waals surface area contributed by atoms with E-state index in [2.05, 4.69) is 36.8 Å². The summed E-state index contributed by atoms with van der Waals surface area (Å²) in [5.41, 5.74) is 1.45. The Morgan fingerprint density at radius 1 is 1.26 bits per heavy atom. The van der Waals surface area contributed by atoms with E-state index in [1.807, 2.05) is 18.2 Å². The summed E-state index contributed by atoms with van der Waals surface area (Å²) in [6, 6.07) is 15.9. The molecule has 0 radical (unpaired) electrons. The van der Waals surface area contributed by atoms with Crippen LogP contribution < -0.4 is 4.74 Å². The molecule has 4 rings (SSSR count). The molecular weight excluding hydrogens is 458 g/mol. The molecule has 2 N–H and O–H groups in total. The summed E-state index contributed by atoms with van der Waals surface area (Å²) in [6.45, 7) is 1.58. The van der Waals surface area contributed by atoms with Gasteiger partial charge >= 0.3 is 0 Å². The first-order valence-corrected chi connectivity index (χ1v) is 10.3. The number of carbonyl (C=O) groups is 1. The van der Waals surface area contributed by atoms with Crippen molar-refractivity contribution < 1.29 is 14.6 Å². The van der Waals surface area contributed by atoms with Crippen molar-refractivity contribution >= 4 is 32.7 Å². The highest BCUT2D eigenvalue weighted by Gasteiger charge is 2.19. The maximum absolute atomic E-state index is 12.9. The van der Waals surface area contributed by atoms with Gasteiger partial charge in [-0.05, 0) is 76.9 Å². The number of nitrogens with zero attached hydrogens (tertiary/aromatic N) is 2. The van der Waals surface area contributed by atoms with Crippen LogP contribution in [0, 0.1) is 12.3 Å². The first-order chi connectivity index (χ1) is 14.8. The highest BCUT2D eigenvalue weighted by molar-refractivity contribution is 9.10. The third-order valence-electron chi connectivity index (χ3n) is 4.68. The Morgan fingerprint density at radius 2 is 2.03 bits per heavy atom. The van der Waals surface area contributed by atoms with E-state index < -0.39 is 5.60 Å². The van der Waals surface area contributed by atoms with Crippen LogP contribution in [-0.2, 0) is 6.42 Å². The van der Waals surface area contributed by atoms with E-state index in [0.717, 1.165) is 10.0 Å². The molecule has 7 heteroatoms. The summed E-state index contributed by atoms with van der Waals surface area (Å²) < 4.78 is 6.47. The zero-order valence-electron chi connectivity index (χ0n) is 16.6. The van der Waals surface area contributed by atoms with Crippen LogP contribution in [0.2, 0.25) is 0 Å². The molecule has 6 nitrogen and oxygen atoms in total. The number of H-pyrrole nitrogens is 1. The van der Waals surface area contributed by atoms with Gasteiger partial charge in [-0.25, -0.2) is 9.97 Å². The Morgan fingerprint density at radius 3 is 2.74 bits per heavy atom. The monoisotopic (exact) mass is 475 g/mol. The molecule has 0 spiro atoms. The van der Waals surface area contributed by atoms with Gasteiger partial charge in [0.2, 0.25) is 11.7 Å². The number of aromatic nitrogens is 3. The quantitative estimate of drug-likeness (QED) is 0.312. The fourth-order valence-electron chi connectivity index (χ4n) is 3.09. The summed E-state index contributed by atoms with van der Waals surface area (Å²) >= 11 is 3.39. The fourth-order valence-corrected chi connectivity index (χ4v) is 3.43. The number of imidazole rings is 1. The van der Waals surface area contributed by atoms with Crippen LogP contribution in [0.3, 0.4) is 0 Å². The van der Waals surface area contributed by atoms with Crippen molar-refractivity contribution in [1.82, 2.24) is 15.0 Å². The van der Waals surface area contributed by atoms with E-state index in [-0.39, 0.29) is 11.6 Å². The van der Waals surface area contributed by atoms with Gasteiger partial charge in [-0.15, -0.1) is 6.42 Å². The van der Waals surface area contributed by atoms with Crippen LogP contribution in [0.4, 0.5) is 0 Å². The molecular formula is C24H18BrN3O3. The second-order valence-electron chi connectivity index (χ2n) is 7.28. The second-order valence-corrected chi connectivity index (χ2v) is 8.13. The summed E-state index contributed by atoms with van der Waals surface area (Å²) in [4.78, 5) is 24.5. The molecule has 1 atom stereocenters. The van der Waals surface area contributed by atoms with Crippen LogP contribution >= 0.6 is 15.9 Å². The molecule has 0 bridgehead atoms. The van der Waals surface area contributed by atoms with E-state index in [9.17, 15) is 9.90 Å². The predicted molar refractivity (Wildman–Crippen MR) is 121 cm³/mol. The standard InChI is InChI=1S/C24H18BrN3O3/c1-3-24(2,30)14-15-6-11-19-20(13-15)28-22(27-19)21(29)16-7-9-17(10-8-16)31-23-18(25)5-4-12-26-23/h1,4-13,30H,14H2,2H3,(H,27,28). The predicted octanol–water partition coefficient (Wildman–Crippen LogP) is 4.67. The number of hydrogen-bond acceptors (Lipinski definition) is 5. The summed E-state index contributed by atoms with van der Waals surface area (Å²) in [5.74, 6) is 3.36. The lowest BCUT2D eigenvalue weighted by atomic mass is 9.97. The number of fused-ring (bicyclic) bond motifs is 1. The summed E-state index contributed by atoms with van der Waals surface area (Å²) in [5, 5.41) is 10.1. The largest absolute Gasteiger partial charge is 0.438 e. The minimum Gasteiger partial charge on any atom is -0.438 e. The van der Waals surface area contributed by atoms with Crippen LogP contribution in [0.15, 0.2) is 65.3 Å². The molecule has 0 fully saturated rings. The number of aromatic amines is 1. The maximum Gasteiger partial charge on any atom is 0.233 e. The number of ketones is 1. The number of halogens is 1. The molecule has 0 saturated carbocycles. The highest BCUT2D eigenvalue weighted by atomic mass is 79.9. The van der Waals surface area contributed by atoms with E-state index in [4.69, 9.17) is 11.2 Å². The van der Waals surface area contributed by atoms with E-state index in [0.29, 0.717) is 34.6 Å². The Balaban J connectivity index is 1.53. The minimum atomic E-state index is -1.24. The third kappa shape index (κ3) is 4.66. The number of nitrogens with one attached hydrogen (secondary N) is 1. The molecule has 0 amide bonds. The number of hydrogen-bond donors (Lipinski definition) is 2. The Hall–Kier alpha value is -3.47. The van der Waals surface area contributed by atoms with Crippen molar-refractivity contribution in [1.29, 1.82) is 0 Å². The number of benzene rings is 2. The highest BCUT2D eigenvalue weighted by Crippen LogP contribution is 2.27. The molecule has 2 aromatic carbocycles. The van der Waals surface area contributed by atoms with Crippen LogP contribution in [0.25, 0.3) is 11.0 Å². The molecule has 0 saturated heterocycles. The van der Waals surface area contributed by atoms with Gasteiger partial charge in [0.25, 0.3) is 0 Å². The molecule has 154 valence electrons. The number of carbonyl (C=O) groups excluding carboxylic acids is 1. The molecule has 2 heterocycles. The van der Waals surface area contributed by atoms with Gasteiger partial charge < -0.3 is 14.8 Å². The lowest BCUT2D eigenvalue weighted by Crippen LogP contribution is -2.24. The maximum atomic E-state index is 12.9. The zero-order chi connectivity index (χ0) is 22.0. The van der Waals surface area contributed by atoms with Crippen LogP contribution in [-0.4, -0.2) is 31.4 Å². The van der Waals surface area contributed by atoms with Gasteiger partial charge in [0.05, 0.1) is 15.5 Å². The first-order valence-electron chi connectivity index (χ1n) is 9.46. The van der Waals surface area contributed by atoms with Crippen molar-refractivity contribution in [3.8, 4) is 24.0 Å². The van der Waals surface area contributed by atoms with Gasteiger partial charge in [0.1, 0.15) is 11.4 Å². The van der Waals surface area contributed by atoms with Gasteiger partial charge in [-0.1, -0.05) is 12.0 Å². The van der Waals surface area contributed by atoms with Gasteiger partial charge in [-0.2, -0.15) is 0 Å². The van der Waals surface area contributed by atoms with E-state index in [1.165, 1.54) is 0 Å². The molecule has 31 heavy (non-hydrogen) atoms. The lowest BCUT2D eigenvalue weighted by Gasteiger charge is -2.15. The fraction of sp³-hybridized carbons (Fsp3) is 0.125. The minimum absolute atomic E-state index is 0.233. The molecule has 0 aliphatic heterocycles. The average Bonchev–Trinajstić information content (AvgIpc) is 3.18. The second kappa shape index (κ2) is 8.34. The normalized spacial score (nSPS) is 12.8. The smallest absolute Gasteiger partial charge is 0.233 e. The SMILES string of the molecule is C#CC(C)(O)Cc1ccc2nc(C(=O)c3ccc(Oc4ncccc4Br)cc3)[nH]c2c1. The Bertz CT molecular complexity index is 1300. The van der Waals surface area contributed by atoms with E-state index in [1.54, 1.807) is 49.5 Å². The van der Waals surface area contributed by atoms with Crippen molar-refractivity contribution in [3.63, 3.8) is 0 Å². The Kier molecular flexibility index (Phi) is 5.59. The van der Waals surface area contributed by atoms with Gasteiger partial charge in [0, 0.05) is 18.2 Å². The average molecular weight is 476 g/mol. The molecule has 1 unspecified atom stereocenters. The third-order valence-corrected chi connectivity index (χ3v) is 5.28. The summed E-state index contributed by atoms with van der Waals surface area (Å²) in [6.07, 6.45) is 7.30. The lowest BCUT2D eigenvalue weighted by molar-refractivity contribution is 0.103. The van der Waals surface area contributed by atoms with Crippen LogP contribution in [0.5, 0.6) is 11.6 Å². The first kappa shape index (κ1) is 20.8. The van der Waals surface area contributed by atoms with Crippen molar-refractivity contribution in [3.05, 3.63) is 82.2 Å². The van der Waals surface area contributed by atoms with Gasteiger partial charge in [0.15, 0.2) is 5.82 Å². The number of aliphatic hydroxyl groups is 1. The molecule has 0 aliphatic carbocycles. The molecule has 2 aromatic heterocycles. The van der Waals surface area contributed by atoms with Crippen molar-refractivity contribution in [2.75, 3.05) is 0 Å². The molecule has 0 aliphatic rings. The van der Waals surface area contributed by atoms with Gasteiger partial charge in [-0.3, -0.25) is 4.79 Å². The zero-order valence-corrected chi connectivity index (χ0v) is 18.2. The number of ether oxygens (including phenoxy) is 1.